The first-order valence-corrected chi connectivity index (χ1v) is 9.15. The van der Waals surface area contributed by atoms with Crippen LogP contribution in [0.1, 0.15) is 28.6 Å². The van der Waals surface area contributed by atoms with Gasteiger partial charge in [-0.15, -0.1) is 22.7 Å². The van der Waals surface area contributed by atoms with E-state index in [1.54, 1.807) is 22.7 Å². The van der Waals surface area contributed by atoms with Gasteiger partial charge in [0.1, 0.15) is 0 Å². The van der Waals surface area contributed by atoms with Crippen molar-refractivity contribution in [2.24, 2.45) is 0 Å². The molecule has 0 spiro atoms. The first-order chi connectivity index (χ1) is 9.83. The molecule has 1 N–H and O–H groups in total. The van der Waals surface area contributed by atoms with Crippen molar-refractivity contribution in [3.05, 3.63) is 43.7 Å². The molecule has 1 atom stereocenters. The molecule has 5 heteroatoms. The van der Waals surface area contributed by atoms with Crippen LogP contribution in [0.15, 0.2) is 29.6 Å². The number of halogens is 1. The molecule has 3 rings (SSSR count). The third-order valence-electron chi connectivity index (χ3n) is 3.68. The molecule has 1 aliphatic rings. The smallest absolute Gasteiger partial charge is 0.0931 e. The molecule has 2 aromatic rings. The molecule has 0 bridgehead atoms. The summed E-state index contributed by atoms with van der Waals surface area (Å²) in [6.07, 6.45) is 2.71. The molecule has 20 heavy (non-hydrogen) atoms. The van der Waals surface area contributed by atoms with Crippen molar-refractivity contribution in [1.29, 1.82) is 0 Å². The molecule has 0 saturated carbocycles. The average molecular weight is 327 g/mol. The predicted octanol–water partition coefficient (Wildman–Crippen LogP) is 4.24. The Kier molecular flexibility index (Phi) is 5.13. The Morgan fingerprint density at radius 2 is 2.05 bits per heavy atom. The molecule has 1 unspecified atom stereocenters. The Morgan fingerprint density at radius 1 is 1.20 bits per heavy atom. The Labute approximate surface area is 133 Å². The Bertz CT molecular complexity index is 518. The van der Waals surface area contributed by atoms with E-state index in [9.17, 15) is 0 Å². The van der Waals surface area contributed by atoms with Crippen molar-refractivity contribution >= 4 is 34.3 Å². The fourth-order valence-corrected chi connectivity index (χ4v) is 4.70. The van der Waals surface area contributed by atoms with Crippen molar-refractivity contribution in [1.82, 2.24) is 10.2 Å². The molecule has 1 saturated heterocycles. The summed E-state index contributed by atoms with van der Waals surface area (Å²) in [7, 11) is 0. The van der Waals surface area contributed by atoms with Gasteiger partial charge >= 0.3 is 0 Å². The summed E-state index contributed by atoms with van der Waals surface area (Å²) in [4.78, 5) is 5.21. The number of likely N-dealkylation sites (tertiary alicyclic amines) is 1. The van der Waals surface area contributed by atoms with Gasteiger partial charge in [-0.05, 0) is 49.5 Å². The minimum absolute atomic E-state index is 0.287. The van der Waals surface area contributed by atoms with E-state index in [2.05, 4.69) is 33.8 Å². The maximum atomic E-state index is 6.09. The first kappa shape index (κ1) is 14.5. The predicted molar refractivity (Wildman–Crippen MR) is 89.2 cm³/mol. The van der Waals surface area contributed by atoms with Gasteiger partial charge in [0.05, 0.1) is 10.4 Å². The second-order valence-corrected chi connectivity index (χ2v) is 7.82. The summed E-state index contributed by atoms with van der Waals surface area (Å²) in [5, 5.41) is 5.84. The highest BCUT2D eigenvalue weighted by molar-refractivity contribution is 7.16. The van der Waals surface area contributed by atoms with Crippen molar-refractivity contribution in [2.75, 3.05) is 26.2 Å². The van der Waals surface area contributed by atoms with E-state index in [1.807, 2.05) is 6.07 Å². The third-order valence-corrected chi connectivity index (χ3v) is 5.91. The van der Waals surface area contributed by atoms with E-state index >= 15 is 0 Å². The fourth-order valence-electron chi connectivity index (χ4n) is 2.65. The number of nitrogens with one attached hydrogen (secondary N) is 1. The van der Waals surface area contributed by atoms with E-state index in [0.29, 0.717) is 0 Å². The summed E-state index contributed by atoms with van der Waals surface area (Å²) in [5.41, 5.74) is 0. The van der Waals surface area contributed by atoms with Crippen LogP contribution in [-0.4, -0.2) is 31.1 Å². The number of rotatable bonds is 6. The number of hydrogen-bond donors (Lipinski definition) is 1. The molecule has 0 radical (unpaired) electrons. The van der Waals surface area contributed by atoms with Crippen LogP contribution in [0, 0.1) is 0 Å². The molecule has 0 aliphatic carbocycles. The van der Waals surface area contributed by atoms with Gasteiger partial charge in [0, 0.05) is 22.8 Å². The second kappa shape index (κ2) is 7.05. The van der Waals surface area contributed by atoms with Gasteiger partial charge in [-0.1, -0.05) is 17.7 Å². The molecule has 1 aliphatic heterocycles. The van der Waals surface area contributed by atoms with Crippen molar-refractivity contribution in [3.63, 3.8) is 0 Å². The summed E-state index contributed by atoms with van der Waals surface area (Å²) < 4.78 is 0.864. The van der Waals surface area contributed by atoms with Crippen LogP contribution in [0.5, 0.6) is 0 Å². The lowest BCUT2D eigenvalue weighted by atomic mass is 10.2. The van der Waals surface area contributed by atoms with E-state index in [-0.39, 0.29) is 6.04 Å². The molecule has 3 heterocycles. The van der Waals surface area contributed by atoms with Gasteiger partial charge in [-0.25, -0.2) is 0 Å². The summed E-state index contributed by atoms with van der Waals surface area (Å²) >= 11 is 9.57. The topological polar surface area (TPSA) is 15.3 Å². The van der Waals surface area contributed by atoms with Gasteiger partial charge in [-0.3, -0.25) is 0 Å². The monoisotopic (exact) mass is 326 g/mol. The van der Waals surface area contributed by atoms with Crippen LogP contribution < -0.4 is 5.32 Å². The second-order valence-electron chi connectivity index (χ2n) is 5.09. The molecular formula is C15H19ClN2S2. The number of thiophene rings is 2. The average Bonchev–Trinajstić information content (AvgIpc) is 3.17. The highest BCUT2D eigenvalue weighted by atomic mass is 35.5. The Morgan fingerprint density at radius 3 is 2.70 bits per heavy atom. The first-order valence-electron chi connectivity index (χ1n) is 7.07. The lowest BCUT2D eigenvalue weighted by Crippen LogP contribution is -2.32. The molecule has 2 nitrogen and oxygen atoms in total. The molecule has 0 amide bonds. The molecule has 0 aromatic carbocycles. The zero-order valence-electron chi connectivity index (χ0n) is 11.3. The standard InChI is InChI=1S/C15H19ClN2S2/c16-14-6-5-13(20-14)15(12-4-3-11-19-12)17-7-10-18-8-1-2-9-18/h3-6,11,15,17H,1-2,7-10H2. The van der Waals surface area contributed by atoms with Gasteiger partial charge in [0.25, 0.3) is 0 Å². The number of hydrogen-bond acceptors (Lipinski definition) is 4. The normalized spacial score (nSPS) is 17.6. The Balaban J connectivity index is 1.63. The minimum atomic E-state index is 0.287. The van der Waals surface area contributed by atoms with Crippen LogP contribution in [0.4, 0.5) is 0 Å². The third kappa shape index (κ3) is 3.62. The zero-order chi connectivity index (χ0) is 13.8. The van der Waals surface area contributed by atoms with E-state index in [0.717, 1.165) is 17.4 Å². The maximum absolute atomic E-state index is 6.09. The molecule has 2 aromatic heterocycles. The zero-order valence-corrected chi connectivity index (χ0v) is 13.7. The van der Waals surface area contributed by atoms with Gasteiger partial charge in [0.2, 0.25) is 0 Å². The minimum Gasteiger partial charge on any atom is -0.304 e. The van der Waals surface area contributed by atoms with Gasteiger partial charge in [0.15, 0.2) is 0 Å². The molecular weight excluding hydrogens is 308 g/mol. The van der Waals surface area contributed by atoms with E-state index in [1.165, 1.54) is 35.7 Å². The fraction of sp³-hybridized carbons (Fsp3) is 0.467. The highest BCUT2D eigenvalue weighted by Crippen LogP contribution is 2.32. The van der Waals surface area contributed by atoms with Gasteiger partial charge in [-0.2, -0.15) is 0 Å². The van der Waals surface area contributed by atoms with Gasteiger partial charge < -0.3 is 10.2 Å². The van der Waals surface area contributed by atoms with Crippen LogP contribution in [0.2, 0.25) is 4.34 Å². The van der Waals surface area contributed by atoms with Crippen LogP contribution in [0.3, 0.4) is 0 Å². The van der Waals surface area contributed by atoms with E-state index in [4.69, 9.17) is 11.6 Å². The van der Waals surface area contributed by atoms with Crippen molar-refractivity contribution in [3.8, 4) is 0 Å². The van der Waals surface area contributed by atoms with Crippen LogP contribution in [0.25, 0.3) is 0 Å². The Hall–Kier alpha value is -0.390. The lowest BCUT2D eigenvalue weighted by molar-refractivity contribution is 0.332. The summed E-state index contributed by atoms with van der Waals surface area (Å²) in [5.74, 6) is 0. The summed E-state index contributed by atoms with van der Waals surface area (Å²) in [6, 6.07) is 8.73. The van der Waals surface area contributed by atoms with Crippen LogP contribution in [-0.2, 0) is 0 Å². The van der Waals surface area contributed by atoms with E-state index < -0.39 is 0 Å². The SMILES string of the molecule is Clc1ccc(C(NCCN2CCCC2)c2cccs2)s1. The maximum Gasteiger partial charge on any atom is 0.0931 e. The number of nitrogens with zero attached hydrogens (tertiary/aromatic N) is 1. The summed E-state index contributed by atoms with van der Waals surface area (Å²) in [6.45, 7) is 4.69. The van der Waals surface area contributed by atoms with Crippen molar-refractivity contribution < 1.29 is 0 Å². The largest absolute Gasteiger partial charge is 0.304 e. The van der Waals surface area contributed by atoms with Crippen LogP contribution >= 0.6 is 34.3 Å². The molecule has 108 valence electrons. The van der Waals surface area contributed by atoms with Crippen molar-refractivity contribution in [2.45, 2.75) is 18.9 Å². The highest BCUT2D eigenvalue weighted by Gasteiger charge is 2.17. The quantitative estimate of drug-likeness (QED) is 0.854. The molecule has 1 fully saturated rings. The lowest BCUT2D eigenvalue weighted by Gasteiger charge is -2.19.